The molecule has 4 aromatic carbocycles. The van der Waals surface area contributed by atoms with Crippen molar-refractivity contribution in [3.63, 3.8) is 0 Å². The molecule has 75 heavy (non-hydrogen) atoms. The van der Waals surface area contributed by atoms with Crippen LogP contribution < -0.4 is 9.80 Å². The van der Waals surface area contributed by atoms with E-state index in [1.807, 2.05) is 0 Å². The fraction of sp³-hybridized carbons (Fsp3) is 0.365. The van der Waals surface area contributed by atoms with Crippen molar-refractivity contribution in [2.75, 3.05) is 129 Å². The van der Waals surface area contributed by atoms with Crippen LogP contribution >= 0.6 is 22.7 Å². The van der Waals surface area contributed by atoms with Crippen LogP contribution in [0.15, 0.2) is 109 Å². The van der Waals surface area contributed by atoms with Gasteiger partial charge in [0.25, 0.3) is 0 Å². The zero-order valence-electron chi connectivity index (χ0n) is 44.0. The van der Waals surface area contributed by atoms with Crippen LogP contribution in [-0.4, -0.2) is 130 Å². The third-order valence-corrected chi connectivity index (χ3v) is 15.1. The van der Waals surface area contributed by atoms with Gasteiger partial charge in [-0.2, -0.15) is 0 Å². The minimum Gasteiger partial charge on any atom is -0.395 e. The van der Waals surface area contributed by atoms with Gasteiger partial charge >= 0.3 is 0 Å². The first-order chi connectivity index (χ1) is 36.9. The first kappa shape index (κ1) is 56.9. The van der Waals surface area contributed by atoms with Crippen molar-refractivity contribution in [3.05, 3.63) is 162 Å². The summed E-state index contributed by atoms with van der Waals surface area (Å²) in [5.74, 6) is 14.0. The van der Waals surface area contributed by atoms with Gasteiger partial charge in [-0.25, -0.2) is 0 Å². The molecule has 0 fully saturated rings. The highest BCUT2D eigenvalue weighted by Gasteiger charge is 2.43. The molecule has 7 rings (SSSR count). The second kappa shape index (κ2) is 30.6. The summed E-state index contributed by atoms with van der Waals surface area (Å²) in [6.45, 7) is 12.5. The Kier molecular flexibility index (Phi) is 23.2. The number of nitrogens with zero attached hydrogens (tertiary/aromatic N) is 2. The highest BCUT2D eigenvalue weighted by Crippen LogP contribution is 2.53. The third-order valence-electron chi connectivity index (χ3n) is 13.1. The number of benzene rings is 4. The Labute approximate surface area is 453 Å². The first-order valence-corrected chi connectivity index (χ1v) is 27.6. The Bertz CT molecular complexity index is 2670. The Balaban J connectivity index is 1.13. The van der Waals surface area contributed by atoms with Crippen LogP contribution in [0.2, 0.25) is 0 Å². The van der Waals surface area contributed by atoms with Crippen LogP contribution in [0.5, 0.6) is 0 Å². The standard InChI is InChI=1S/C63H72N2O8S2/c1-5-64(33-35-66)53-17-7-49(8-18-53)11-21-55-25-27-57(74-55)23-13-51-15-29-59-60-30-16-52(14-24-58-28-26-56(75-58)22-12-50-9-19-54(20-10-50)65(6-2)34-36-67)48-62(60)63(61(59)47-51,31-37-70-43-45-72-41-39-68-3)32-38-71-44-46-73-42-40-69-4/h7-12,15-22,25-30,47-48,66-67H,5-6,31-46H2,1-4H3. The fourth-order valence-corrected chi connectivity index (χ4v) is 10.7. The van der Waals surface area contributed by atoms with Gasteiger partial charge in [0.1, 0.15) is 0 Å². The van der Waals surface area contributed by atoms with Gasteiger partial charge in [0, 0.05) is 91.3 Å². The van der Waals surface area contributed by atoms with Crippen LogP contribution in [-0.2, 0) is 33.8 Å². The Hall–Kier alpha value is -5.84. The molecule has 0 amide bonds. The summed E-state index contributed by atoms with van der Waals surface area (Å²) in [6, 6.07) is 38.6. The topological polar surface area (TPSA) is 102 Å². The molecule has 394 valence electrons. The lowest BCUT2D eigenvalue weighted by molar-refractivity contribution is 0.0145. The second-order valence-corrected chi connectivity index (χ2v) is 20.1. The van der Waals surface area contributed by atoms with E-state index in [1.54, 1.807) is 36.9 Å². The molecule has 0 radical (unpaired) electrons. The predicted octanol–water partition coefficient (Wildman–Crippen LogP) is 11.0. The number of thiophene rings is 2. The number of fused-ring (bicyclic) bond motifs is 3. The molecule has 0 bridgehead atoms. The predicted molar refractivity (Wildman–Crippen MR) is 310 cm³/mol. The average molecular weight is 1050 g/mol. The third kappa shape index (κ3) is 16.6. The molecular formula is C63H72N2O8S2. The molecule has 1 aliphatic carbocycles. The van der Waals surface area contributed by atoms with Crippen molar-refractivity contribution < 1.29 is 38.6 Å². The van der Waals surface area contributed by atoms with Crippen LogP contribution in [0, 0.1) is 23.7 Å². The number of aliphatic hydroxyl groups is 2. The summed E-state index contributed by atoms with van der Waals surface area (Å²) in [6.07, 6.45) is 9.97. The zero-order chi connectivity index (χ0) is 52.5. The van der Waals surface area contributed by atoms with Gasteiger partial charge < -0.3 is 48.4 Å². The van der Waals surface area contributed by atoms with Crippen molar-refractivity contribution in [1.82, 2.24) is 0 Å². The zero-order valence-corrected chi connectivity index (χ0v) is 45.6. The van der Waals surface area contributed by atoms with E-state index < -0.39 is 5.41 Å². The molecule has 2 aromatic heterocycles. The monoisotopic (exact) mass is 1050 g/mol. The van der Waals surface area contributed by atoms with Crippen LogP contribution in [0.4, 0.5) is 11.4 Å². The van der Waals surface area contributed by atoms with Crippen molar-refractivity contribution in [2.24, 2.45) is 0 Å². The number of methoxy groups -OCH3 is 2. The summed E-state index contributed by atoms with van der Waals surface area (Å²) >= 11 is 3.34. The van der Waals surface area contributed by atoms with E-state index in [4.69, 9.17) is 28.4 Å². The smallest absolute Gasteiger partial charge is 0.0778 e. The first-order valence-electron chi connectivity index (χ1n) is 26.0. The summed E-state index contributed by atoms with van der Waals surface area (Å²) in [5.41, 5.74) is 10.7. The normalized spacial score (nSPS) is 12.4. The fourth-order valence-electron chi connectivity index (χ4n) is 9.15. The van der Waals surface area contributed by atoms with Gasteiger partial charge in [0.05, 0.1) is 75.8 Å². The van der Waals surface area contributed by atoms with E-state index in [-0.39, 0.29) is 13.2 Å². The van der Waals surface area contributed by atoms with Gasteiger partial charge in [-0.3, -0.25) is 0 Å². The van der Waals surface area contributed by atoms with Crippen LogP contribution in [0.3, 0.4) is 0 Å². The van der Waals surface area contributed by atoms with Gasteiger partial charge in [-0.15, -0.1) is 22.7 Å². The summed E-state index contributed by atoms with van der Waals surface area (Å²) < 4.78 is 34.4. The molecule has 1 aliphatic rings. The molecule has 2 heterocycles. The quantitative estimate of drug-likeness (QED) is 0.0335. The second-order valence-electron chi connectivity index (χ2n) is 17.9. The molecule has 0 unspecified atom stereocenters. The van der Waals surface area contributed by atoms with E-state index in [1.165, 1.54) is 22.3 Å². The maximum absolute atomic E-state index is 9.44. The van der Waals surface area contributed by atoms with E-state index >= 15 is 0 Å². The molecule has 12 heteroatoms. The Morgan fingerprint density at radius 3 is 1.25 bits per heavy atom. The minimum absolute atomic E-state index is 0.131. The van der Waals surface area contributed by atoms with Gasteiger partial charge in [-0.1, -0.05) is 72.2 Å². The summed E-state index contributed by atoms with van der Waals surface area (Å²) in [5, 5.41) is 18.9. The molecule has 2 N–H and O–H groups in total. The number of rotatable bonds is 30. The maximum Gasteiger partial charge on any atom is 0.0778 e. The number of anilines is 2. The average Bonchev–Trinajstić information content (AvgIpc) is 4.20. The van der Waals surface area contributed by atoms with Crippen LogP contribution in [0.25, 0.3) is 35.4 Å². The Morgan fingerprint density at radius 1 is 0.467 bits per heavy atom. The van der Waals surface area contributed by atoms with Crippen LogP contribution in [0.1, 0.15) is 79.6 Å². The van der Waals surface area contributed by atoms with Crippen molar-refractivity contribution in [3.8, 4) is 34.8 Å². The van der Waals surface area contributed by atoms with E-state index in [0.717, 1.165) is 79.1 Å². The van der Waals surface area contributed by atoms with E-state index in [0.29, 0.717) is 79.2 Å². The molecule has 0 aliphatic heterocycles. The number of hydrogen-bond acceptors (Lipinski definition) is 12. The molecule has 0 saturated carbocycles. The highest BCUT2D eigenvalue weighted by molar-refractivity contribution is 7.13. The molecular weight excluding hydrogens is 977 g/mol. The Morgan fingerprint density at radius 2 is 0.867 bits per heavy atom. The summed E-state index contributed by atoms with van der Waals surface area (Å²) in [7, 11) is 3.35. The number of likely N-dealkylation sites (N-methyl/N-ethyl adjacent to an activating group) is 2. The number of hydrogen-bond donors (Lipinski definition) is 2. The largest absolute Gasteiger partial charge is 0.395 e. The summed E-state index contributed by atoms with van der Waals surface area (Å²) in [4.78, 5) is 8.56. The van der Waals surface area contributed by atoms with E-state index in [2.05, 4.69) is 181 Å². The maximum atomic E-state index is 9.44. The molecule has 6 aromatic rings. The lowest BCUT2D eigenvalue weighted by Crippen LogP contribution is -2.30. The van der Waals surface area contributed by atoms with Gasteiger partial charge in [0.15, 0.2) is 0 Å². The molecule has 0 spiro atoms. The van der Waals surface area contributed by atoms with Gasteiger partial charge in [-0.05, 0) is 145 Å². The number of ether oxygens (including phenoxy) is 6. The van der Waals surface area contributed by atoms with Crippen molar-refractivity contribution in [2.45, 2.75) is 32.1 Å². The highest BCUT2D eigenvalue weighted by atomic mass is 32.1. The number of aliphatic hydroxyl groups excluding tert-OH is 2. The SMILES string of the molecule is CCN(CCO)c1ccc(C=Cc2ccc(C#Cc3ccc4c(c3)C(CCOCCOCCOC)(CCOCCOCCOC)c3cc(C#Cc5ccc(C=Cc6ccc(N(CC)CCO)cc6)s5)ccc3-4)s2)cc1. The molecule has 0 atom stereocenters. The van der Waals surface area contributed by atoms with Crippen molar-refractivity contribution >= 4 is 58.4 Å². The van der Waals surface area contributed by atoms with Crippen molar-refractivity contribution in [1.29, 1.82) is 0 Å². The lowest BCUT2D eigenvalue weighted by Gasteiger charge is -2.32. The minimum atomic E-state index is -0.451. The molecule has 10 nitrogen and oxygen atoms in total. The lowest BCUT2D eigenvalue weighted by atomic mass is 9.72. The molecule has 0 saturated heterocycles. The van der Waals surface area contributed by atoms with Gasteiger partial charge in [0.2, 0.25) is 0 Å². The van der Waals surface area contributed by atoms with E-state index in [9.17, 15) is 10.2 Å².